The maximum atomic E-state index is 13.0. The summed E-state index contributed by atoms with van der Waals surface area (Å²) in [5.41, 5.74) is 10.4. The van der Waals surface area contributed by atoms with Crippen LogP contribution in [-0.4, -0.2) is 25.0 Å². The first-order valence-electron chi connectivity index (χ1n) is 10.7. The summed E-state index contributed by atoms with van der Waals surface area (Å²) in [6, 6.07) is 18.2. The van der Waals surface area contributed by atoms with Crippen molar-refractivity contribution in [3.05, 3.63) is 101 Å². The number of hydrogen-bond donors (Lipinski definition) is 2. The molecule has 168 valence electrons. The number of carbonyl (C=O) groups is 1. The summed E-state index contributed by atoms with van der Waals surface area (Å²) in [4.78, 5) is 34.4. The first-order chi connectivity index (χ1) is 16.4. The summed E-state index contributed by atoms with van der Waals surface area (Å²) in [5, 5.41) is 3.61. The summed E-state index contributed by atoms with van der Waals surface area (Å²) < 4.78 is 3.38. The van der Waals surface area contributed by atoms with Crippen LogP contribution in [0.15, 0.2) is 84.2 Å². The Hall–Kier alpha value is -4.72. The summed E-state index contributed by atoms with van der Waals surface area (Å²) in [7, 11) is 1.90. The Morgan fingerprint density at radius 1 is 1.00 bits per heavy atom. The van der Waals surface area contributed by atoms with Gasteiger partial charge in [0.15, 0.2) is 0 Å². The SMILES string of the molecule is Cc1cc(C(=O)Nc2ccc(-c3cn(C)c4ncnc(N)c34)cc2)c(=O)n(-c2ccccc2)c1. The Kier molecular flexibility index (Phi) is 5.18. The fraction of sp³-hybridized carbons (Fsp3) is 0.0769. The molecule has 0 unspecified atom stereocenters. The second-order valence-electron chi connectivity index (χ2n) is 8.08. The number of hydrogen-bond acceptors (Lipinski definition) is 5. The molecular formula is C26H22N6O2. The second-order valence-corrected chi connectivity index (χ2v) is 8.08. The predicted molar refractivity (Wildman–Crippen MR) is 133 cm³/mol. The molecule has 0 aliphatic carbocycles. The van der Waals surface area contributed by atoms with Gasteiger partial charge in [0.25, 0.3) is 11.5 Å². The molecule has 5 rings (SSSR count). The maximum absolute atomic E-state index is 13.0. The van der Waals surface area contributed by atoms with Crippen molar-refractivity contribution >= 4 is 28.4 Å². The minimum absolute atomic E-state index is 0.0758. The molecule has 8 nitrogen and oxygen atoms in total. The number of nitrogens with zero attached hydrogens (tertiary/aromatic N) is 4. The molecule has 0 spiro atoms. The summed E-state index contributed by atoms with van der Waals surface area (Å²) in [6.07, 6.45) is 5.11. The van der Waals surface area contributed by atoms with E-state index in [2.05, 4.69) is 15.3 Å². The third kappa shape index (κ3) is 3.71. The van der Waals surface area contributed by atoms with E-state index in [1.807, 2.05) is 67.2 Å². The number of pyridine rings is 1. The number of nitrogen functional groups attached to an aromatic ring is 1. The van der Waals surface area contributed by atoms with Gasteiger partial charge in [-0.15, -0.1) is 0 Å². The molecule has 0 aliphatic rings. The quantitative estimate of drug-likeness (QED) is 0.431. The number of benzene rings is 2. The van der Waals surface area contributed by atoms with Gasteiger partial charge in [-0.1, -0.05) is 30.3 Å². The topological polar surface area (TPSA) is 108 Å². The number of anilines is 2. The lowest BCUT2D eigenvalue weighted by Crippen LogP contribution is -2.28. The number of rotatable bonds is 4. The molecule has 0 atom stereocenters. The van der Waals surface area contributed by atoms with Gasteiger partial charge in [-0.2, -0.15) is 0 Å². The zero-order chi connectivity index (χ0) is 23.8. The maximum Gasteiger partial charge on any atom is 0.267 e. The molecule has 3 aromatic heterocycles. The minimum atomic E-state index is -0.464. The van der Waals surface area contributed by atoms with Crippen molar-refractivity contribution in [3.63, 3.8) is 0 Å². The number of aryl methyl sites for hydroxylation is 2. The number of nitrogens with one attached hydrogen (secondary N) is 1. The molecule has 34 heavy (non-hydrogen) atoms. The van der Waals surface area contributed by atoms with Crippen molar-refractivity contribution in [3.8, 4) is 16.8 Å². The molecule has 1 amide bonds. The van der Waals surface area contributed by atoms with E-state index in [-0.39, 0.29) is 11.1 Å². The van der Waals surface area contributed by atoms with E-state index >= 15 is 0 Å². The van der Waals surface area contributed by atoms with Crippen LogP contribution < -0.4 is 16.6 Å². The van der Waals surface area contributed by atoms with Crippen molar-refractivity contribution < 1.29 is 4.79 Å². The fourth-order valence-corrected chi connectivity index (χ4v) is 4.05. The standard InChI is InChI=1S/C26H22N6O2/c1-16-12-20(26(34)32(13-16)19-6-4-3-5-7-19)25(33)30-18-10-8-17(9-11-18)21-14-31(2)24-22(21)23(27)28-15-29-24/h3-15H,1-2H3,(H,30,33)(H2,27,28,29). The fourth-order valence-electron chi connectivity index (χ4n) is 4.05. The van der Waals surface area contributed by atoms with Crippen LogP contribution in [0.3, 0.4) is 0 Å². The van der Waals surface area contributed by atoms with E-state index in [9.17, 15) is 9.59 Å². The number of fused-ring (bicyclic) bond motifs is 1. The molecule has 0 aliphatic heterocycles. The summed E-state index contributed by atoms with van der Waals surface area (Å²) in [5.74, 6) is -0.0546. The van der Waals surface area contributed by atoms with Crippen LogP contribution >= 0.6 is 0 Å². The molecule has 0 radical (unpaired) electrons. The van der Waals surface area contributed by atoms with Crippen molar-refractivity contribution in [1.29, 1.82) is 0 Å². The van der Waals surface area contributed by atoms with E-state index in [0.29, 0.717) is 17.2 Å². The molecule has 0 fully saturated rings. The van der Waals surface area contributed by atoms with Crippen LogP contribution in [0.2, 0.25) is 0 Å². The molecule has 0 bridgehead atoms. The number of para-hydroxylation sites is 1. The Labute approximate surface area is 195 Å². The lowest BCUT2D eigenvalue weighted by atomic mass is 10.1. The molecule has 0 saturated heterocycles. The molecule has 2 aromatic carbocycles. The second kappa shape index (κ2) is 8.32. The first kappa shape index (κ1) is 21.1. The van der Waals surface area contributed by atoms with E-state index in [1.54, 1.807) is 24.4 Å². The monoisotopic (exact) mass is 450 g/mol. The van der Waals surface area contributed by atoms with Gasteiger partial charge in [0.2, 0.25) is 0 Å². The van der Waals surface area contributed by atoms with Crippen LogP contribution in [0.4, 0.5) is 11.5 Å². The highest BCUT2D eigenvalue weighted by atomic mass is 16.2. The highest BCUT2D eigenvalue weighted by Gasteiger charge is 2.16. The van der Waals surface area contributed by atoms with Crippen molar-refractivity contribution in [2.45, 2.75) is 6.92 Å². The lowest BCUT2D eigenvalue weighted by molar-refractivity contribution is 0.102. The van der Waals surface area contributed by atoms with Gasteiger partial charge in [0, 0.05) is 36.4 Å². The lowest BCUT2D eigenvalue weighted by Gasteiger charge is -2.11. The average Bonchev–Trinajstić information content (AvgIpc) is 3.19. The van der Waals surface area contributed by atoms with Gasteiger partial charge in [-0.3, -0.25) is 14.2 Å². The van der Waals surface area contributed by atoms with Gasteiger partial charge in [0.05, 0.1) is 5.39 Å². The Balaban J connectivity index is 1.44. The molecule has 8 heteroatoms. The molecule has 3 N–H and O–H groups in total. The van der Waals surface area contributed by atoms with Crippen LogP contribution in [0.25, 0.3) is 27.8 Å². The van der Waals surface area contributed by atoms with Crippen LogP contribution in [-0.2, 0) is 7.05 Å². The van der Waals surface area contributed by atoms with E-state index < -0.39 is 5.91 Å². The van der Waals surface area contributed by atoms with E-state index in [0.717, 1.165) is 27.7 Å². The molecule has 0 saturated carbocycles. The predicted octanol–water partition coefficient (Wildman–Crippen LogP) is 3.93. The smallest absolute Gasteiger partial charge is 0.267 e. The zero-order valence-corrected chi connectivity index (χ0v) is 18.7. The van der Waals surface area contributed by atoms with Gasteiger partial charge >= 0.3 is 0 Å². The molecular weight excluding hydrogens is 428 g/mol. The van der Waals surface area contributed by atoms with Crippen LogP contribution in [0.5, 0.6) is 0 Å². The van der Waals surface area contributed by atoms with Crippen molar-refractivity contribution in [2.24, 2.45) is 7.05 Å². The summed E-state index contributed by atoms with van der Waals surface area (Å²) >= 11 is 0. The van der Waals surface area contributed by atoms with Crippen LogP contribution in [0.1, 0.15) is 15.9 Å². The number of aromatic nitrogens is 4. The van der Waals surface area contributed by atoms with Crippen molar-refractivity contribution in [1.82, 2.24) is 19.1 Å². The van der Waals surface area contributed by atoms with Gasteiger partial charge in [-0.25, -0.2) is 9.97 Å². The zero-order valence-electron chi connectivity index (χ0n) is 18.7. The highest BCUT2D eigenvalue weighted by molar-refractivity contribution is 6.05. The van der Waals surface area contributed by atoms with Gasteiger partial charge in [0.1, 0.15) is 23.4 Å². The Morgan fingerprint density at radius 3 is 2.47 bits per heavy atom. The highest BCUT2D eigenvalue weighted by Crippen LogP contribution is 2.32. The summed E-state index contributed by atoms with van der Waals surface area (Å²) in [6.45, 7) is 1.85. The normalized spacial score (nSPS) is 11.0. The Morgan fingerprint density at radius 2 is 1.74 bits per heavy atom. The van der Waals surface area contributed by atoms with Crippen molar-refractivity contribution in [2.75, 3.05) is 11.1 Å². The third-order valence-electron chi connectivity index (χ3n) is 5.67. The molecule has 5 aromatic rings. The van der Waals surface area contributed by atoms with E-state index in [1.165, 1.54) is 10.9 Å². The first-order valence-corrected chi connectivity index (χ1v) is 10.7. The van der Waals surface area contributed by atoms with Crippen LogP contribution in [0, 0.1) is 6.92 Å². The number of carbonyl (C=O) groups excluding carboxylic acids is 1. The molecule has 3 heterocycles. The average molecular weight is 451 g/mol. The minimum Gasteiger partial charge on any atom is -0.383 e. The Bertz CT molecular complexity index is 1580. The van der Waals surface area contributed by atoms with E-state index in [4.69, 9.17) is 5.73 Å². The number of amides is 1. The van der Waals surface area contributed by atoms with Gasteiger partial charge in [-0.05, 0) is 48.4 Å². The largest absolute Gasteiger partial charge is 0.383 e. The third-order valence-corrected chi connectivity index (χ3v) is 5.67. The number of nitrogens with two attached hydrogens (primary N) is 1. The van der Waals surface area contributed by atoms with Gasteiger partial charge < -0.3 is 15.6 Å².